The van der Waals surface area contributed by atoms with Crippen molar-refractivity contribution in [3.05, 3.63) is 29.6 Å². The van der Waals surface area contributed by atoms with Crippen molar-refractivity contribution in [3.63, 3.8) is 0 Å². The van der Waals surface area contributed by atoms with Gasteiger partial charge < -0.3 is 10.0 Å². The molecule has 0 heterocycles. The van der Waals surface area contributed by atoms with Gasteiger partial charge in [-0.15, -0.1) is 0 Å². The van der Waals surface area contributed by atoms with E-state index in [1.807, 2.05) is 11.9 Å². The van der Waals surface area contributed by atoms with Crippen LogP contribution in [0.15, 0.2) is 18.2 Å². The van der Waals surface area contributed by atoms with Crippen molar-refractivity contribution in [2.24, 2.45) is 5.92 Å². The van der Waals surface area contributed by atoms with Gasteiger partial charge in [0.1, 0.15) is 11.9 Å². The van der Waals surface area contributed by atoms with E-state index in [0.717, 1.165) is 25.1 Å². The summed E-state index contributed by atoms with van der Waals surface area (Å²) in [6.45, 7) is 0.808. The molecule has 0 aliphatic heterocycles. The Kier molecular flexibility index (Phi) is 3.30. The topological polar surface area (TPSA) is 47.3 Å². The Morgan fingerprint density at radius 1 is 1.53 bits per heavy atom. The fraction of sp³-hybridized carbons (Fsp3) is 0.462. The van der Waals surface area contributed by atoms with Gasteiger partial charge in [0.15, 0.2) is 0 Å². The molecule has 17 heavy (non-hydrogen) atoms. The molecule has 0 aromatic heterocycles. The molecule has 0 spiro atoms. The van der Waals surface area contributed by atoms with Crippen LogP contribution in [0.2, 0.25) is 0 Å². The van der Waals surface area contributed by atoms with E-state index in [-0.39, 0.29) is 11.7 Å². The quantitative estimate of drug-likeness (QED) is 0.869. The van der Waals surface area contributed by atoms with Gasteiger partial charge in [0.05, 0.1) is 11.7 Å². The third-order valence-electron chi connectivity index (χ3n) is 3.26. The summed E-state index contributed by atoms with van der Waals surface area (Å²) in [4.78, 5) is 1.96. The summed E-state index contributed by atoms with van der Waals surface area (Å²) >= 11 is 0. The van der Waals surface area contributed by atoms with Crippen LogP contribution in [0.5, 0.6) is 0 Å². The molecular formula is C13H15FN2O. The van der Waals surface area contributed by atoms with Gasteiger partial charge in [0.25, 0.3) is 0 Å². The summed E-state index contributed by atoms with van der Waals surface area (Å²) in [7, 11) is 1.89. The minimum Gasteiger partial charge on any atom is -0.393 e. The Bertz CT molecular complexity index is 449. The Morgan fingerprint density at radius 3 is 2.76 bits per heavy atom. The second kappa shape index (κ2) is 4.72. The number of anilines is 1. The summed E-state index contributed by atoms with van der Waals surface area (Å²) in [6.07, 6.45) is 1.48. The van der Waals surface area contributed by atoms with Crippen LogP contribution in [-0.4, -0.2) is 24.8 Å². The Morgan fingerprint density at radius 2 is 2.24 bits per heavy atom. The predicted molar refractivity (Wildman–Crippen MR) is 63.1 cm³/mol. The van der Waals surface area contributed by atoms with Gasteiger partial charge >= 0.3 is 0 Å². The molecule has 1 aliphatic rings. The van der Waals surface area contributed by atoms with Gasteiger partial charge in [-0.25, -0.2) is 4.39 Å². The van der Waals surface area contributed by atoms with E-state index in [1.165, 1.54) is 12.1 Å². The maximum absolute atomic E-state index is 13.4. The number of benzene rings is 1. The lowest BCUT2D eigenvalue weighted by atomic mass is 9.82. The number of hydrogen-bond donors (Lipinski definition) is 1. The number of rotatable bonds is 3. The van der Waals surface area contributed by atoms with Crippen molar-refractivity contribution in [3.8, 4) is 6.07 Å². The Labute approximate surface area is 100 Å². The van der Waals surface area contributed by atoms with Gasteiger partial charge in [-0.3, -0.25) is 0 Å². The maximum atomic E-state index is 13.4. The summed E-state index contributed by atoms with van der Waals surface area (Å²) < 4.78 is 13.4. The van der Waals surface area contributed by atoms with Crippen molar-refractivity contribution in [2.45, 2.75) is 18.9 Å². The number of aliphatic hydroxyl groups excluding tert-OH is 1. The zero-order valence-corrected chi connectivity index (χ0v) is 9.73. The highest BCUT2D eigenvalue weighted by atomic mass is 19.1. The molecule has 0 saturated heterocycles. The molecule has 90 valence electrons. The molecule has 2 rings (SSSR count). The normalized spacial score (nSPS) is 22.7. The number of nitrogens with zero attached hydrogens (tertiary/aromatic N) is 2. The highest BCUT2D eigenvalue weighted by Gasteiger charge is 2.28. The van der Waals surface area contributed by atoms with Gasteiger partial charge in [0, 0.05) is 19.3 Å². The molecule has 0 amide bonds. The minimum atomic E-state index is -0.481. The molecule has 0 bridgehead atoms. The van der Waals surface area contributed by atoms with Crippen LogP contribution in [0.1, 0.15) is 18.4 Å². The van der Waals surface area contributed by atoms with Gasteiger partial charge in [-0.05, 0) is 37.0 Å². The zero-order valence-electron chi connectivity index (χ0n) is 9.73. The number of nitriles is 1. The second-order valence-electron chi connectivity index (χ2n) is 4.65. The van der Waals surface area contributed by atoms with Gasteiger partial charge in [-0.1, -0.05) is 0 Å². The third-order valence-corrected chi connectivity index (χ3v) is 3.26. The van der Waals surface area contributed by atoms with E-state index < -0.39 is 5.82 Å². The SMILES string of the molecule is CN(CC1CC(O)C1)c1ccc(C#N)c(F)c1. The lowest BCUT2D eigenvalue weighted by Gasteiger charge is -2.35. The van der Waals surface area contributed by atoms with Crippen LogP contribution in [0.3, 0.4) is 0 Å². The first-order valence-corrected chi connectivity index (χ1v) is 5.69. The summed E-state index contributed by atoms with van der Waals surface area (Å²) in [5.74, 6) is -0.000742. The van der Waals surface area contributed by atoms with E-state index in [1.54, 1.807) is 12.1 Å². The summed E-state index contributed by atoms with van der Waals surface area (Å²) in [6, 6.07) is 6.43. The molecule has 0 atom stereocenters. The molecule has 1 aromatic carbocycles. The van der Waals surface area contributed by atoms with Crippen LogP contribution in [0.4, 0.5) is 10.1 Å². The fourth-order valence-corrected chi connectivity index (χ4v) is 2.17. The standard InChI is InChI=1S/C13H15FN2O/c1-16(8-9-4-12(17)5-9)11-3-2-10(7-15)13(14)6-11/h2-3,6,9,12,17H,4-5,8H2,1H3. The minimum absolute atomic E-state index is 0.0706. The molecule has 0 unspecified atom stereocenters. The van der Waals surface area contributed by atoms with Crippen LogP contribution in [0.25, 0.3) is 0 Å². The Balaban J connectivity index is 2.02. The number of hydrogen-bond acceptors (Lipinski definition) is 3. The zero-order chi connectivity index (χ0) is 12.4. The van der Waals surface area contributed by atoms with E-state index in [4.69, 9.17) is 5.26 Å². The molecule has 4 heteroatoms. The molecule has 1 fully saturated rings. The average molecular weight is 234 g/mol. The molecular weight excluding hydrogens is 219 g/mol. The Hall–Kier alpha value is -1.60. The maximum Gasteiger partial charge on any atom is 0.143 e. The molecule has 1 saturated carbocycles. The lowest BCUT2D eigenvalue weighted by molar-refractivity contribution is 0.0465. The molecule has 1 N–H and O–H groups in total. The summed E-state index contributed by atoms with van der Waals surface area (Å²) in [5, 5.41) is 17.8. The van der Waals surface area contributed by atoms with Gasteiger partial charge in [-0.2, -0.15) is 5.26 Å². The van der Waals surface area contributed by atoms with E-state index >= 15 is 0 Å². The van der Waals surface area contributed by atoms with Crippen LogP contribution >= 0.6 is 0 Å². The van der Waals surface area contributed by atoms with Crippen LogP contribution in [-0.2, 0) is 0 Å². The van der Waals surface area contributed by atoms with Crippen molar-refractivity contribution in [1.82, 2.24) is 0 Å². The fourth-order valence-electron chi connectivity index (χ4n) is 2.17. The predicted octanol–water partition coefficient (Wildman–Crippen LogP) is 1.90. The lowest BCUT2D eigenvalue weighted by Crippen LogP contribution is -2.37. The van der Waals surface area contributed by atoms with E-state index in [0.29, 0.717) is 5.92 Å². The number of halogens is 1. The van der Waals surface area contributed by atoms with Crippen LogP contribution in [0, 0.1) is 23.1 Å². The van der Waals surface area contributed by atoms with Gasteiger partial charge in [0.2, 0.25) is 0 Å². The van der Waals surface area contributed by atoms with E-state index in [2.05, 4.69) is 0 Å². The highest BCUT2D eigenvalue weighted by Crippen LogP contribution is 2.29. The summed E-state index contributed by atoms with van der Waals surface area (Å²) in [5.41, 5.74) is 0.837. The molecule has 0 radical (unpaired) electrons. The number of aliphatic hydroxyl groups is 1. The second-order valence-corrected chi connectivity index (χ2v) is 4.65. The largest absolute Gasteiger partial charge is 0.393 e. The smallest absolute Gasteiger partial charge is 0.143 e. The first kappa shape index (κ1) is 11.9. The third kappa shape index (κ3) is 2.56. The van der Waals surface area contributed by atoms with Crippen molar-refractivity contribution < 1.29 is 9.50 Å². The molecule has 1 aromatic rings. The van der Waals surface area contributed by atoms with E-state index in [9.17, 15) is 9.50 Å². The average Bonchev–Trinajstić information content (AvgIpc) is 2.26. The first-order valence-electron chi connectivity index (χ1n) is 5.69. The molecule has 1 aliphatic carbocycles. The van der Waals surface area contributed by atoms with Crippen molar-refractivity contribution in [1.29, 1.82) is 5.26 Å². The highest BCUT2D eigenvalue weighted by molar-refractivity contribution is 5.49. The molecule has 3 nitrogen and oxygen atoms in total. The van der Waals surface area contributed by atoms with Crippen molar-refractivity contribution in [2.75, 3.05) is 18.5 Å². The first-order chi connectivity index (χ1) is 8.10. The van der Waals surface area contributed by atoms with Crippen LogP contribution < -0.4 is 4.90 Å². The monoisotopic (exact) mass is 234 g/mol. The van der Waals surface area contributed by atoms with Crippen molar-refractivity contribution >= 4 is 5.69 Å².